The lowest BCUT2D eigenvalue weighted by Gasteiger charge is -2.36. The van der Waals surface area contributed by atoms with E-state index in [2.05, 4.69) is 4.90 Å². The Labute approximate surface area is 218 Å². The molecule has 0 bridgehead atoms. The maximum Gasteiger partial charge on any atom is 0.264 e. The first-order valence-corrected chi connectivity index (χ1v) is 12.8. The minimum absolute atomic E-state index is 0.0235. The van der Waals surface area contributed by atoms with Crippen LogP contribution in [0, 0.1) is 0 Å². The van der Waals surface area contributed by atoms with E-state index in [0.29, 0.717) is 33.6 Å². The summed E-state index contributed by atoms with van der Waals surface area (Å²) in [4.78, 5) is 33.6. The minimum atomic E-state index is -0.109. The normalized spacial score (nSPS) is 17.1. The van der Waals surface area contributed by atoms with Gasteiger partial charge in [-0.3, -0.25) is 9.59 Å². The summed E-state index contributed by atoms with van der Waals surface area (Å²) in [6, 6.07) is 20.8. The molecule has 5 rings (SSSR count). The Morgan fingerprint density at radius 1 is 0.914 bits per heavy atom. The molecular weight excluding hydrogens is 501 g/mol. The van der Waals surface area contributed by atoms with Gasteiger partial charge in [-0.25, -0.2) is 0 Å². The number of thioether (sulfide) groups is 1. The lowest BCUT2D eigenvalue weighted by molar-refractivity contribution is -0.114. The standard InChI is InChI=1S/C27H23Cl2N3O2S/c1-30-23-16-19(26(33)32-12-10-31(11-13-32)22-7-3-6-21(29)17-22)8-9-24(23)35-25(27(30)34)15-18-4-2-5-20(28)14-18/h2-9,14-17H,10-13H2,1H3. The summed E-state index contributed by atoms with van der Waals surface area (Å²) >= 11 is 13.6. The molecule has 0 unspecified atom stereocenters. The second kappa shape index (κ2) is 9.97. The maximum atomic E-state index is 13.3. The first-order valence-electron chi connectivity index (χ1n) is 11.3. The van der Waals surface area contributed by atoms with Gasteiger partial charge in [0.15, 0.2) is 0 Å². The fraction of sp³-hybridized carbons (Fsp3) is 0.185. The van der Waals surface area contributed by atoms with Gasteiger partial charge in [0.05, 0.1) is 10.6 Å². The van der Waals surface area contributed by atoms with E-state index in [1.54, 1.807) is 18.0 Å². The molecule has 1 fully saturated rings. The molecule has 0 aliphatic carbocycles. The summed E-state index contributed by atoms with van der Waals surface area (Å²) in [6.07, 6.45) is 1.84. The van der Waals surface area contributed by atoms with Gasteiger partial charge in [-0.1, -0.05) is 53.2 Å². The molecule has 0 spiro atoms. The molecule has 5 nitrogen and oxygen atoms in total. The average Bonchev–Trinajstić information content (AvgIpc) is 2.87. The van der Waals surface area contributed by atoms with Crippen LogP contribution in [0.25, 0.3) is 6.08 Å². The third-order valence-corrected chi connectivity index (χ3v) is 7.74. The van der Waals surface area contributed by atoms with E-state index in [1.165, 1.54) is 11.8 Å². The van der Waals surface area contributed by atoms with E-state index in [4.69, 9.17) is 23.2 Å². The summed E-state index contributed by atoms with van der Waals surface area (Å²) in [5.41, 5.74) is 3.26. The third-order valence-electron chi connectivity index (χ3n) is 6.19. The number of nitrogens with zero attached hydrogens (tertiary/aromatic N) is 3. The van der Waals surface area contributed by atoms with Gasteiger partial charge in [0, 0.05) is 59.4 Å². The molecule has 35 heavy (non-hydrogen) atoms. The van der Waals surface area contributed by atoms with E-state index >= 15 is 0 Å². The van der Waals surface area contributed by atoms with Crippen molar-refractivity contribution in [3.05, 3.63) is 92.8 Å². The highest BCUT2D eigenvalue weighted by Crippen LogP contribution is 2.42. The van der Waals surface area contributed by atoms with E-state index < -0.39 is 0 Å². The molecule has 3 aromatic carbocycles. The zero-order valence-electron chi connectivity index (χ0n) is 19.1. The van der Waals surface area contributed by atoms with Crippen molar-refractivity contribution >= 4 is 64.2 Å². The molecule has 3 aromatic rings. The van der Waals surface area contributed by atoms with Crippen LogP contribution < -0.4 is 9.80 Å². The van der Waals surface area contributed by atoms with Crippen LogP contribution in [0.15, 0.2) is 76.5 Å². The Morgan fingerprint density at radius 2 is 1.63 bits per heavy atom. The highest BCUT2D eigenvalue weighted by Gasteiger charge is 2.29. The first kappa shape index (κ1) is 23.8. The van der Waals surface area contributed by atoms with Gasteiger partial charge in [-0.05, 0) is 60.2 Å². The molecule has 0 N–H and O–H groups in total. The van der Waals surface area contributed by atoms with Crippen molar-refractivity contribution in [2.45, 2.75) is 4.90 Å². The van der Waals surface area contributed by atoms with Crippen LogP contribution in [0.4, 0.5) is 11.4 Å². The maximum absolute atomic E-state index is 13.3. The zero-order chi connectivity index (χ0) is 24.5. The predicted octanol–water partition coefficient (Wildman–Crippen LogP) is 6.07. The highest BCUT2D eigenvalue weighted by atomic mass is 35.5. The van der Waals surface area contributed by atoms with Gasteiger partial charge in [0.1, 0.15) is 0 Å². The number of halogens is 2. The number of piperazine rings is 1. The lowest BCUT2D eigenvalue weighted by atomic mass is 10.1. The number of carbonyl (C=O) groups excluding carboxylic acids is 2. The third kappa shape index (κ3) is 5.06. The van der Waals surface area contributed by atoms with Crippen LogP contribution in [0.3, 0.4) is 0 Å². The number of fused-ring (bicyclic) bond motifs is 1. The molecule has 0 radical (unpaired) electrons. The van der Waals surface area contributed by atoms with Crippen molar-refractivity contribution in [1.29, 1.82) is 0 Å². The Kier molecular flexibility index (Phi) is 6.78. The summed E-state index contributed by atoms with van der Waals surface area (Å²) in [5, 5.41) is 1.33. The number of rotatable bonds is 3. The van der Waals surface area contributed by atoms with Crippen molar-refractivity contribution in [2.75, 3.05) is 43.0 Å². The largest absolute Gasteiger partial charge is 0.368 e. The molecule has 2 aliphatic heterocycles. The highest BCUT2D eigenvalue weighted by molar-refractivity contribution is 8.04. The average molecular weight is 524 g/mol. The number of amides is 2. The monoisotopic (exact) mass is 523 g/mol. The van der Waals surface area contributed by atoms with Crippen molar-refractivity contribution in [2.24, 2.45) is 0 Å². The SMILES string of the molecule is CN1C(=O)C(=Cc2cccc(Cl)c2)Sc2ccc(C(=O)N3CCN(c4cccc(Cl)c4)CC3)cc21. The van der Waals surface area contributed by atoms with Gasteiger partial charge in [-0.15, -0.1) is 0 Å². The molecule has 1 saturated heterocycles. The van der Waals surface area contributed by atoms with Gasteiger partial charge in [0.25, 0.3) is 11.8 Å². The van der Waals surface area contributed by atoms with E-state index in [1.807, 2.05) is 71.6 Å². The summed E-state index contributed by atoms with van der Waals surface area (Å²) in [6.45, 7) is 2.72. The van der Waals surface area contributed by atoms with Gasteiger partial charge >= 0.3 is 0 Å². The molecule has 2 aliphatic rings. The van der Waals surface area contributed by atoms with Crippen molar-refractivity contribution in [1.82, 2.24) is 4.90 Å². The fourth-order valence-electron chi connectivity index (χ4n) is 4.30. The smallest absolute Gasteiger partial charge is 0.264 e. The summed E-state index contributed by atoms with van der Waals surface area (Å²) in [7, 11) is 1.74. The number of hydrogen-bond acceptors (Lipinski definition) is 4. The molecule has 2 heterocycles. The van der Waals surface area contributed by atoms with E-state index in [9.17, 15) is 9.59 Å². The molecule has 178 valence electrons. The van der Waals surface area contributed by atoms with Crippen LogP contribution in [-0.2, 0) is 4.79 Å². The summed E-state index contributed by atoms with van der Waals surface area (Å²) < 4.78 is 0. The van der Waals surface area contributed by atoms with Crippen LogP contribution in [0.1, 0.15) is 15.9 Å². The molecule has 8 heteroatoms. The van der Waals surface area contributed by atoms with E-state index in [0.717, 1.165) is 34.9 Å². The van der Waals surface area contributed by atoms with Crippen LogP contribution >= 0.6 is 35.0 Å². The molecule has 0 aromatic heterocycles. The fourth-order valence-corrected chi connectivity index (χ4v) is 5.77. The molecule has 0 saturated carbocycles. The number of benzene rings is 3. The molecule has 0 atom stereocenters. The Bertz CT molecular complexity index is 1340. The van der Waals surface area contributed by atoms with E-state index in [-0.39, 0.29) is 11.8 Å². The lowest BCUT2D eigenvalue weighted by Crippen LogP contribution is -2.48. The Hall–Kier alpha value is -2.93. The number of hydrogen-bond donors (Lipinski definition) is 0. The first-order chi connectivity index (χ1) is 16.9. The van der Waals surface area contributed by atoms with Crippen molar-refractivity contribution in [3.63, 3.8) is 0 Å². The Morgan fingerprint density at radius 3 is 2.34 bits per heavy atom. The number of carbonyl (C=O) groups is 2. The predicted molar refractivity (Wildman–Crippen MR) is 145 cm³/mol. The second-order valence-corrected chi connectivity index (χ2v) is 10.4. The van der Waals surface area contributed by atoms with Gasteiger partial charge < -0.3 is 14.7 Å². The quantitative estimate of drug-likeness (QED) is 0.391. The van der Waals surface area contributed by atoms with Crippen molar-refractivity contribution < 1.29 is 9.59 Å². The topological polar surface area (TPSA) is 43.9 Å². The van der Waals surface area contributed by atoms with Crippen LogP contribution in [0.5, 0.6) is 0 Å². The zero-order valence-corrected chi connectivity index (χ0v) is 21.4. The number of anilines is 2. The Balaban J connectivity index is 1.31. The van der Waals surface area contributed by atoms with Gasteiger partial charge in [-0.2, -0.15) is 0 Å². The molecular formula is C27H23Cl2N3O2S. The number of likely N-dealkylation sites (N-methyl/N-ethyl adjacent to an activating group) is 1. The van der Waals surface area contributed by atoms with Crippen molar-refractivity contribution in [3.8, 4) is 0 Å². The van der Waals surface area contributed by atoms with Crippen LogP contribution in [-0.4, -0.2) is 49.9 Å². The van der Waals surface area contributed by atoms with Crippen LogP contribution in [0.2, 0.25) is 10.0 Å². The van der Waals surface area contributed by atoms with Gasteiger partial charge in [0.2, 0.25) is 0 Å². The minimum Gasteiger partial charge on any atom is -0.368 e. The molecule has 2 amide bonds. The summed E-state index contributed by atoms with van der Waals surface area (Å²) in [5.74, 6) is -0.133. The second-order valence-electron chi connectivity index (χ2n) is 8.47.